The third-order valence-electron chi connectivity index (χ3n) is 1.83. The molecule has 0 unspecified atom stereocenters. The van der Waals surface area contributed by atoms with Crippen LogP contribution in [-0.4, -0.2) is 17.5 Å². The molecule has 64 valence electrons. The molecule has 0 amide bonds. The molecule has 0 saturated heterocycles. The van der Waals surface area contributed by atoms with Gasteiger partial charge < -0.3 is 5.11 Å². The van der Waals surface area contributed by atoms with E-state index < -0.39 is 6.61 Å². The summed E-state index contributed by atoms with van der Waals surface area (Å²) in [7, 11) is 0. The van der Waals surface area contributed by atoms with Crippen molar-refractivity contribution in [2.75, 3.05) is 6.61 Å². The van der Waals surface area contributed by atoms with Gasteiger partial charge in [-0.1, -0.05) is 31.2 Å². The lowest BCUT2D eigenvalue weighted by Gasteiger charge is -1.98. The Morgan fingerprint density at radius 2 is 1.92 bits per heavy atom. The molecule has 1 N–H and O–H groups in total. The minimum atomic E-state index is -0.411. The van der Waals surface area contributed by atoms with Gasteiger partial charge >= 0.3 is 0 Å². The molecule has 0 atom stereocenters. The van der Waals surface area contributed by atoms with Crippen LogP contribution in [0, 0.1) is 0 Å². The SMILES string of the molecule is CCc1ccc(C(=O)CO)cc1. The van der Waals surface area contributed by atoms with Crippen LogP contribution in [-0.2, 0) is 6.42 Å². The predicted octanol–water partition coefficient (Wildman–Crippen LogP) is 1.42. The average molecular weight is 164 g/mol. The van der Waals surface area contributed by atoms with Crippen molar-refractivity contribution in [3.8, 4) is 0 Å². The summed E-state index contributed by atoms with van der Waals surface area (Å²) in [6, 6.07) is 7.31. The molecule has 0 spiro atoms. The van der Waals surface area contributed by atoms with Gasteiger partial charge in [-0.05, 0) is 12.0 Å². The van der Waals surface area contributed by atoms with Crippen LogP contribution >= 0.6 is 0 Å². The Labute approximate surface area is 71.8 Å². The van der Waals surface area contributed by atoms with Crippen molar-refractivity contribution in [2.24, 2.45) is 0 Å². The van der Waals surface area contributed by atoms with Crippen molar-refractivity contribution in [1.82, 2.24) is 0 Å². The zero-order valence-electron chi connectivity index (χ0n) is 7.08. The van der Waals surface area contributed by atoms with Crippen molar-refractivity contribution >= 4 is 5.78 Å². The number of hydrogen-bond donors (Lipinski definition) is 1. The van der Waals surface area contributed by atoms with E-state index >= 15 is 0 Å². The van der Waals surface area contributed by atoms with Crippen molar-refractivity contribution in [2.45, 2.75) is 13.3 Å². The van der Waals surface area contributed by atoms with E-state index in [-0.39, 0.29) is 5.78 Å². The van der Waals surface area contributed by atoms with Gasteiger partial charge in [0.05, 0.1) is 0 Å². The van der Waals surface area contributed by atoms with Gasteiger partial charge in [0.15, 0.2) is 5.78 Å². The summed E-state index contributed by atoms with van der Waals surface area (Å²) in [5.74, 6) is -0.224. The lowest BCUT2D eigenvalue weighted by Crippen LogP contribution is -2.03. The number of hydrogen-bond acceptors (Lipinski definition) is 2. The molecule has 1 aromatic rings. The van der Waals surface area contributed by atoms with Gasteiger partial charge in [0, 0.05) is 5.56 Å². The Bertz CT molecular complexity index is 262. The van der Waals surface area contributed by atoms with E-state index in [1.165, 1.54) is 5.56 Å². The molecule has 2 heteroatoms. The molecular weight excluding hydrogens is 152 g/mol. The van der Waals surface area contributed by atoms with Gasteiger partial charge in [0.25, 0.3) is 0 Å². The highest BCUT2D eigenvalue weighted by molar-refractivity contribution is 5.96. The number of rotatable bonds is 3. The number of Topliss-reactive ketones (excluding diaryl/α,β-unsaturated/α-hetero) is 1. The second kappa shape index (κ2) is 4.02. The standard InChI is InChI=1S/C10H12O2/c1-2-8-3-5-9(6-4-8)10(12)7-11/h3-6,11H,2,7H2,1H3. The number of aryl methyl sites for hydroxylation is 1. The molecule has 0 aliphatic heterocycles. The quantitative estimate of drug-likeness (QED) is 0.686. The Kier molecular flexibility index (Phi) is 3.00. The molecule has 0 saturated carbocycles. The summed E-state index contributed by atoms with van der Waals surface area (Å²) >= 11 is 0. The lowest BCUT2D eigenvalue weighted by atomic mass is 10.1. The molecule has 0 bridgehead atoms. The molecule has 1 aromatic carbocycles. The van der Waals surface area contributed by atoms with Crippen LogP contribution in [0.15, 0.2) is 24.3 Å². The summed E-state index contributed by atoms with van der Waals surface area (Å²) in [4.78, 5) is 11.0. The first-order chi connectivity index (χ1) is 5.77. The van der Waals surface area contributed by atoms with E-state index in [0.717, 1.165) is 6.42 Å². The molecule has 1 rings (SSSR count). The monoisotopic (exact) mass is 164 g/mol. The molecule has 0 fully saturated rings. The molecule has 0 heterocycles. The van der Waals surface area contributed by atoms with Crippen LogP contribution in [0.4, 0.5) is 0 Å². The van der Waals surface area contributed by atoms with Gasteiger partial charge in [-0.15, -0.1) is 0 Å². The Morgan fingerprint density at radius 1 is 1.33 bits per heavy atom. The van der Waals surface area contributed by atoms with Crippen LogP contribution in [0.5, 0.6) is 0 Å². The van der Waals surface area contributed by atoms with Crippen LogP contribution in [0.25, 0.3) is 0 Å². The van der Waals surface area contributed by atoms with E-state index in [0.29, 0.717) is 5.56 Å². The molecule has 0 aliphatic carbocycles. The van der Waals surface area contributed by atoms with Gasteiger partial charge in [-0.2, -0.15) is 0 Å². The highest BCUT2D eigenvalue weighted by Crippen LogP contribution is 2.05. The van der Waals surface area contributed by atoms with Crippen LogP contribution in [0.3, 0.4) is 0 Å². The predicted molar refractivity (Wildman–Crippen MR) is 47.2 cm³/mol. The van der Waals surface area contributed by atoms with Crippen LogP contribution < -0.4 is 0 Å². The van der Waals surface area contributed by atoms with E-state index in [4.69, 9.17) is 5.11 Å². The third-order valence-corrected chi connectivity index (χ3v) is 1.83. The van der Waals surface area contributed by atoms with Gasteiger partial charge in [0.1, 0.15) is 6.61 Å². The molecule has 0 radical (unpaired) electrons. The van der Waals surface area contributed by atoms with Gasteiger partial charge in [-0.3, -0.25) is 4.79 Å². The van der Waals surface area contributed by atoms with Crippen molar-refractivity contribution in [1.29, 1.82) is 0 Å². The topological polar surface area (TPSA) is 37.3 Å². The maximum atomic E-state index is 11.0. The smallest absolute Gasteiger partial charge is 0.188 e. The summed E-state index contributed by atoms with van der Waals surface area (Å²) in [6.45, 7) is 1.65. The van der Waals surface area contributed by atoms with E-state index in [2.05, 4.69) is 6.92 Å². The summed E-state index contributed by atoms with van der Waals surface area (Å²) < 4.78 is 0. The lowest BCUT2D eigenvalue weighted by molar-refractivity contribution is 0.0904. The fourth-order valence-electron chi connectivity index (χ4n) is 1.02. The summed E-state index contributed by atoms with van der Waals surface area (Å²) in [5, 5.41) is 8.57. The zero-order valence-corrected chi connectivity index (χ0v) is 7.08. The van der Waals surface area contributed by atoms with Crippen LogP contribution in [0.1, 0.15) is 22.8 Å². The highest BCUT2D eigenvalue weighted by atomic mass is 16.3. The maximum Gasteiger partial charge on any atom is 0.188 e. The molecular formula is C10H12O2. The first-order valence-electron chi connectivity index (χ1n) is 4.01. The van der Waals surface area contributed by atoms with Gasteiger partial charge in [-0.25, -0.2) is 0 Å². The number of ketones is 1. The third kappa shape index (κ3) is 1.92. The molecule has 12 heavy (non-hydrogen) atoms. The number of carbonyl (C=O) groups excluding carboxylic acids is 1. The average Bonchev–Trinajstić information content (AvgIpc) is 2.17. The normalized spacial score (nSPS) is 9.83. The maximum absolute atomic E-state index is 11.0. The Hall–Kier alpha value is -1.15. The summed E-state index contributed by atoms with van der Waals surface area (Å²) in [6.07, 6.45) is 0.966. The largest absolute Gasteiger partial charge is 0.388 e. The zero-order chi connectivity index (χ0) is 8.97. The minimum Gasteiger partial charge on any atom is -0.388 e. The van der Waals surface area contributed by atoms with Crippen molar-refractivity contribution < 1.29 is 9.90 Å². The van der Waals surface area contributed by atoms with E-state index in [9.17, 15) is 4.79 Å². The van der Waals surface area contributed by atoms with E-state index in [1.807, 2.05) is 12.1 Å². The number of aliphatic hydroxyl groups excluding tert-OH is 1. The second-order valence-corrected chi connectivity index (χ2v) is 2.63. The van der Waals surface area contributed by atoms with Gasteiger partial charge in [0.2, 0.25) is 0 Å². The molecule has 0 aliphatic rings. The minimum absolute atomic E-state index is 0.224. The molecule has 0 aromatic heterocycles. The van der Waals surface area contributed by atoms with Crippen molar-refractivity contribution in [3.63, 3.8) is 0 Å². The first-order valence-corrected chi connectivity index (χ1v) is 4.01. The number of carbonyl (C=O) groups is 1. The first kappa shape index (κ1) is 8.94. The highest BCUT2D eigenvalue weighted by Gasteiger charge is 2.01. The second-order valence-electron chi connectivity index (χ2n) is 2.63. The Balaban J connectivity index is 2.84. The summed E-state index contributed by atoms with van der Waals surface area (Å²) in [5.41, 5.74) is 1.78. The molecule has 2 nitrogen and oxygen atoms in total. The van der Waals surface area contributed by atoms with E-state index in [1.54, 1.807) is 12.1 Å². The van der Waals surface area contributed by atoms with Crippen molar-refractivity contribution in [3.05, 3.63) is 35.4 Å². The fraction of sp³-hybridized carbons (Fsp3) is 0.300. The fourth-order valence-corrected chi connectivity index (χ4v) is 1.02. The Morgan fingerprint density at radius 3 is 2.33 bits per heavy atom. The van der Waals surface area contributed by atoms with Crippen LogP contribution in [0.2, 0.25) is 0 Å². The number of aliphatic hydroxyl groups is 1. The number of benzene rings is 1.